The van der Waals surface area contributed by atoms with Crippen LogP contribution in [0.1, 0.15) is 26.3 Å². The van der Waals surface area contributed by atoms with Crippen molar-refractivity contribution in [2.24, 2.45) is 5.92 Å². The predicted molar refractivity (Wildman–Crippen MR) is 75.6 cm³/mol. The molecule has 2 N–H and O–H groups in total. The van der Waals surface area contributed by atoms with E-state index in [4.69, 9.17) is 5.73 Å². The minimum atomic E-state index is -3.24. The summed E-state index contributed by atoms with van der Waals surface area (Å²) in [4.78, 5) is 0. The van der Waals surface area contributed by atoms with Crippen LogP contribution in [0.2, 0.25) is 0 Å². The third kappa shape index (κ3) is 4.31. The molecule has 102 valence electrons. The summed E-state index contributed by atoms with van der Waals surface area (Å²) in [5.74, 6) is 0.361. The summed E-state index contributed by atoms with van der Waals surface area (Å²) in [6.45, 7) is 6.97. The molecule has 0 fully saturated rings. The SMILES string of the molecule is CCN(CC(C)C)S(=O)(=O)Cc1ccc(N)cc1. The average molecular weight is 270 g/mol. The van der Waals surface area contributed by atoms with E-state index in [2.05, 4.69) is 0 Å². The molecule has 0 saturated heterocycles. The van der Waals surface area contributed by atoms with E-state index in [-0.39, 0.29) is 5.75 Å². The number of nitrogen functional groups attached to an aromatic ring is 1. The van der Waals surface area contributed by atoms with Crippen LogP contribution in [0.15, 0.2) is 24.3 Å². The molecule has 0 spiro atoms. The molecule has 1 aromatic rings. The summed E-state index contributed by atoms with van der Waals surface area (Å²) in [6, 6.07) is 6.97. The second-order valence-electron chi connectivity index (χ2n) is 4.84. The molecule has 18 heavy (non-hydrogen) atoms. The number of benzene rings is 1. The molecule has 0 heterocycles. The minimum absolute atomic E-state index is 0.0356. The van der Waals surface area contributed by atoms with Gasteiger partial charge in [0.15, 0.2) is 0 Å². The molecule has 0 saturated carbocycles. The van der Waals surface area contributed by atoms with Crippen LogP contribution in [-0.4, -0.2) is 25.8 Å². The number of sulfonamides is 1. The molecule has 1 aromatic carbocycles. The molecular weight excluding hydrogens is 248 g/mol. The quantitative estimate of drug-likeness (QED) is 0.805. The number of hydrogen-bond donors (Lipinski definition) is 1. The van der Waals surface area contributed by atoms with Gasteiger partial charge in [0.1, 0.15) is 0 Å². The lowest BCUT2D eigenvalue weighted by Gasteiger charge is -2.22. The molecule has 5 heteroatoms. The Hall–Kier alpha value is -1.07. The highest BCUT2D eigenvalue weighted by Gasteiger charge is 2.21. The van der Waals surface area contributed by atoms with Crippen molar-refractivity contribution in [2.75, 3.05) is 18.8 Å². The second kappa shape index (κ2) is 6.20. The number of nitrogens with zero attached hydrogens (tertiary/aromatic N) is 1. The molecule has 0 radical (unpaired) electrons. The van der Waals surface area contributed by atoms with Crippen molar-refractivity contribution in [2.45, 2.75) is 26.5 Å². The van der Waals surface area contributed by atoms with Crippen molar-refractivity contribution in [3.63, 3.8) is 0 Å². The van der Waals surface area contributed by atoms with E-state index in [0.717, 1.165) is 5.56 Å². The zero-order valence-corrected chi connectivity index (χ0v) is 12.1. The maximum atomic E-state index is 12.2. The molecule has 0 bridgehead atoms. The predicted octanol–water partition coefficient (Wildman–Crippen LogP) is 2.08. The fourth-order valence-corrected chi connectivity index (χ4v) is 3.48. The Balaban J connectivity index is 2.82. The molecule has 0 atom stereocenters. The first-order chi connectivity index (χ1) is 8.35. The highest BCUT2D eigenvalue weighted by molar-refractivity contribution is 7.88. The molecule has 0 aliphatic rings. The summed E-state index contributed by atoms with van der Waals surface area (Å²) in [5, 5.41) is 0. The Morgan fingerprint density at radius 3 is 2.22 bits per heavy atom. The monoisotopic (exact) mass is 270 g/mol. The van der Waals surface area contributed by atoms with Crippen LogP contribution >= 0.6 is 0 Å². The van der Waals surface area contributed by atoms with Crippen LogP contribution in [-0.2, 0) is 15.8 Å². The zero-order valence-electron chi connectivity index (χ0n) is 11.3. The highest BCUT2D eigenvalue weighted by Crippen LogP contribution is 2.14. The topological polar surface area (TPSA) is 63.4 Å². The van der Waals surface area contributed by atoms with Gasteiger partial charge < -0.3 is 5.73 Å². The van der Waals surface area contributed by atoms with E-state index in [9.17, 15) is 8.42 Å². The first-order valence-corrected chi connectivity index (χ1v) is 7.78. The van der Waals surface area contributed by atoms with Gasteiger partial charge >= 0.3 is 0 Å². The lowest BCUT2D eigenvalue weighted by Crippen LogP contribution is -2.34. The fraction of sp³-hybridized carbons (Fsp3) is 0.538. The maximum absolute atomic E-state index is 12.2. The number of anilines is 1. The van der Waals surface area contributed by atoms with Crippen LogP contribution in [0.5, 0.6) is 0 Å². The standard InChI is InChI=1S/C13H22N2O2S/c1-4-15(9-11(2)3)18(16,17)10-12-5-7-13(14)8-6-12/h5-8,11H,4,9-10,14H2,1-3H3. The maximum Gasteiger partial charge on any atom is 0.218 e. The Morgan fingerprint density at radius 2 is 1.78 bits per heavy atom. The third-order valence-corrected chi connectivity index (χ3v) is 4.54. The summed E-state index contributed by atoms with van der Waals surface area (Å²) >= 11 is 0. The van der Waals surface area contributed by atoms with Crippen molar-refractivity contribution in [1.29, 1.82) is 0 Å². The first kappa shape index (κ1) is 15.0. The Bertz CT molecular complexity index is 466. The van der Waals surface area contributed by atoms with Gasteiger partial charge in [0, 0.05) is 18.8 Å². The Kier molecular flexibility index (Phi) is 5.16. The molecule has 0 unspecified atom stereocenters. The average Bonchev–Trinajstić information content (AvgIpc) is 2.28. The van der Waals surface area contributed by atoms with E-state index in [1.54, 1.807) is 24.3 Å². The van der Waals surface area contributed by atoms with Crippen LogP contribution in [0.4, 0.5) is 5.69 Å². The number of hydrogen-bond acceptors (Lipinski definition) is 3. The molecule has 4 nitrogen and oxygen atoms in total. The molecule has 0 amide bonds. The van der Waals surface area contributed by atoms with Crippen LogP contribution in [0, 0.1) is 5.92 Å². The number of rotatable bonds is 6. The lowest BCUT2D eigenvalue weighted by molar-refractivity contribution is 0.380. The Labute approximate surface area is 110 Å². The summed E-state index contributed by atoms with van der Waals surface area (Å²) in [7, 11) is -3.24. The van der Waals surface area contributed by atoms with Gasteiger partial charge in [0.25, 0.3) is 0 Å². The van der Waals surface area contributed by atoms with Crippen molar-refractivity contribution in [3.8, 4) is 0 Å². The molecule has 0 aromatic heterocycles. The van der Waals surface area contributed by atoms with Crippen molar-refractivity contribution < 1.29 is 8.42 Å². The summed E-state index contributed by atoms with van der Waals surface area (Å²) in [6.07, 6.45) is 0. The van der Waals surface area contributed by atoms with Gasteiger partial charge in [-0.15, -0.1) is 0 Å². The molecular formula is C13H22N2O2S. The summed E-state index contributed by atoms with van der Waals surface area (Å²) in [5.41, 5.74) is 7.00. The zero-order chi connectivity index (χ0) is 13.8. The van der Waals surface area contributed by atoms with Crippen molar-refractivity contribution >= 4 is 15.7 Å². The minimum Gasteiger partial charge on any atom is -0.399 e. The van der Waals surface area contributed by atoms with E-state index in [1.165, 1.54) is 4.31 Å². The largest absolute Gasteiger partial charge is 0.399 e. The van der Waals surface area contributed by atoms with Gasteiger partial charge in [-0.2, -0.15) is 0 Å². The van der Waals surface area contributed by atoms with Crippen molar-refractivity contribution in [3.05, 3.63) is 29.8 Å². The van der Waals surface area contributed by atoms with E-state index < -0.39 is 10.0 Å². The second-order valence-corrected chi connectivity index (χ2v) is 6.81. The third-order valence-electron chi connectivity index (χ3n) is 2.64. The van der Waals surface area contributed by atoms with E-state index in [0.29, 0.717) is 24.7 Å². The smallest absolute Gasteiger partial charge is 0.218 e. The van der Waals surface area contributed by atoms with Gasteiger partial charge in [-0.1, -0.05) is 32.9 Å². The molecule has 1 rings (SSSR count). The van der Waals surface area contributed by atoms with Gasteiger partial charge in [-0.05, 0) is 23.6 Å². The van der Waals surface area contributed by atoms with Gasteiger partial charge in [0.05, 0.1) is 5.75 Å². The molecule has 0 aliphatic carbocycles. The van der Waals surface area contributed by atoms with E-state index >= 15 is 0 Å². The normalized spacial score (nSPS) is 12.3. The lowest BCUT2D eigenvalue weighted by atomic mass is 10.2. The van der Waals surface area contributed by atoms with Gasteiger partial charge in [-0.3, -0.25) is 0 Å². The molecule has 0 aliphatic heterocycles. The Morgan fingerprint density at radius 1 is 1.22 bits per heavy atom. The van der Waals surface area contributed by atoms with Crippen molar-refractivity contribution in [1.82, 2.24) is 4.31 Å². The van der Waals surface area contributed by atoms with Gasteiger partial charge in [-0.25, -0.2) is 12.7 Å². The first-order valence-electron chi connectivity index (χ1n) is 6.17. The van der Waals surface area contributed by atoms with Crippen LogP contribution < -0.4 is 5.73 Å². The van der Waals surface area contributed by atoms with E-state index in [1.807, 2.05) is 20.8 Å². The van der Waals surface area contributed by atoms with Crippen LogP contribution in [0.25, 0.3) is 0 Å². The van der Waals surface area contributed by atoms with Crippen LogP contribution in [0.3, 0.4) is 0 Å². The summed E-state index contributed by atoms with van der Waals surface area (Å²) < 4.78 is 26.0. The highest BCUT2D eigenvalue weighted by atomic mass is 32.2. The number of nitrogens with two attached hydrogens (primary N) is 1. The fourth-order valence-electron chi connectivity index (χ4n) is 1.76. The van der Waals surface area contributed by atoms with Gasteiger partial charge in [0.2, 0.25) is 10.0 Å².